The highest BCUT2D eigenvalue weighted by atomic mass is 16.5. The first-order valence-electron chi connectivity index (χ1n) is 7.12. The van der Waals surface area contributed by atoms with Crippen molar-refractivity contribution in [2.24, 2.45) is 5.92 Å². The van der Waals surface area contributed by atoms with Gasteiger partial charge in [0.25, 0.3) is 0 Å². The van der Waals surface area contributed by atoms with Gasteiger partial charge in [-0.25, -0.2) is 0 Å². The Kier molecular flexibility index (Phi) is 3.92. The van der Waals surface area contributed by atoms with Crippen LogP contribution in [0.2, 0.25) is 0 Å². The second-order valence-electron chi connectivity index (χ2n) is 5.22. The first-order chi connectivity index (χ1) is 10.7. The van der Waals surface area contributed by atoms with Gasteiger partial charge in [0.2, 0.25) is 0 Å². The van der Waals surface area contributed by atoms with Gasteiger partial charge < -0.3 is 9.47 Å². The summed E-state index contributed by atoms with van der Waals surface area (Å²) >= 11 is 0. The minimum absolute atomic E-state index is 0.0243. The van der Waals surface area contributed by atoms with E-state index in [9.17, 15) is 9.59 Å². The van der Waals surface area contributed by atoms with Gasteiger partial charge in [-0.3, -0.25) is 9.59 Å². The number of carbonyl (C=O) groups excluding carboxylic acids is 2. The molecule has 4 nitrogen and oxygen atoms in total. The second-order valence-corrected chi connectivity index (χ2v) is 5.22. The average Bonchev–Trinajstić information content (AvgIpc) is 2.57. The van der Waals surface area contributed by atoms with Gasteiger partial charge in [0, 0.05) is 12.0 Å². The highest BCUT2D eigenvalue weighted by molar-refractivity contribution is 6.05. The predicted octanol–water partition coefficient (Wildman–Crippen LogP) is 3.16. The molecule has 0 spiro atoms. The van der Waals surface area contributed by atoms with Crippen LogP contribution in [0.1, 0.15) is 27.1 Å². The molecule has 0 saturated carbocycles. The van der Waals surface area contributed by atoms with Crippen molar-refractivity contribution in [3.05, 3.63) is 59.7 Å². The van der Waals surface area contributed by atoms with Crippen molar-refractivity contribution in [2.45, 2.75) is 6.42 Å². The van der Waals surface area contributed by atoms with Crippen molar-refractivity contribution in [3.63, 3.8) is 0 Å². The Labute approximate surface area is 128 Å². The summed E-state index contributed by atoms with van der Waals surface area (Å²) in [6.45, 7) is 0.248. The van der Waals surface area contributed by atoms with Crippen molar-refractivity contribution in [2.75, 3.05) is 13.7 Å². The number of Topliss-reactive ketones (excluding diaryl/α,β-unsaturated/α-hetero) is 2. The molecule has 0 N–H and O–H groups in total. The maximum absolute atomic E-state index is 12.4. The Morgan fingerprint density at radius 2 is 1.91 bits per heavy atom. The Balaban J connectivity index is 1.73. The van der Waals surface area contributed by atoms with E-state index in [2.05, 4.69) is 0 Å². The fourth-order valence-electron chi connectivity index (χ4n) is 2.55. The molecule has 0 fully saturated rings. The van der Waals surface area contributed by atoms with Crippen LogP contribution < -0.4 is 9.47 Å². The van der Waals surface area contributed by atoms with E-state index >= 15 is 0 Å². The quantitative estimate of drug-likeness (QED) is 0.813. The van der Waals surface area contributed by atoms with E-state index in [1.807, 2.05) is 6.07 Å². The maximum atomic E-state index is 12.4. The molecule has 1 atom stereocenters. The molecule has 1 heterocycles. The molecule has 1 unspecified atom stereocenters. The summed E-state index contributed by atoms with van der Waals surface area (Å²) < 4.78 is 10.7. The molecule has 0 aromatic heterocycles. The molecule has 0 amide bonds. The monoisotopic (exact) mass is 296 g/mol. The first-order valence-corrected chi connectivity index (χ1v) is 7.12. The molecule has 22 heavy (non-hydrogen) atoms. The van der Waals surface area contributed by atoms with Gasteiger partial charge in [-0.05, 0) is 36.4 Å². The minimum Gasteiger partial charge on any atom is -0.497 e. The Morgan fingerprint density at radius 3 is 2.64 bits per heavy atom. The molecule has 4 heteroatoms. The van der Waals surface area contributed by atoms with Gasteiger partial charge in [-0.2, -0.15) is 0 Å². The Morgan fingerprint density at radius 1 is 1.18 bits per heavy atom. The summed E-state index contributed by atoms with van der Waals surface area (Å²) in [5.41, 5.74) is 1.13. The number of rotatable bonds is 4. The van der Waals surface area contributed by atoms with Crippen molar-refractivity contribution >= 4 is 11.6 Å². The number of para-hydroxylation sites is 1. The number of fused-ring (bicyclic) bond motifs is 1. The third-order valence-corrected chi connectivity index (χ3v) is 3.81. The zero-order valence-corrected chi connectivity index (χ0v) is 12.2. The molecule has 112 valence electrons. The smallest absolute Gasteiger partial charge is 0.173 e. The van der Waals surface area contributed by atoms with Crippen LogP contribution in [0.5, 0.6) is 11.5 Å². The molecule has 0 saturated heterocycles. The third-order valence-electron chi connectivity index (χ3n) is 3.81. The molecule has 1 aliphatic heterocycles. The molecule has 3 rings (SSSR count). The SMILES string of the molecule is COc1ccc(C(=O)CC2COc3ccccc3C2=O)cc1. The summed E-state index contributed by atoms with van der Waals surface area (Å²) in [6.07, 6.45) is 0.152. The number of hydrogen-bond donors (Lipinski definition) is 0. The lowest BCUT2D eigenvalue weighted by Crippen LogP contribution is -2.29. The van der Waals surface area contributed by atoms with Crippen LogP contribution in [0.15, 0.2) is 48.5 Å². The van der Waals surface area contributed by atoms with Crippen molar-refractivity contribution < 1.29 is 19.1 Å². The standard InChI is InChI=1S/C18H16O4/c1-21-14-8-6-12(7-9-14)16(19)10-13-11-22-17-5-3-2-4-15(17)18(13)20/h2-9,13H,10-11H2,1H3. The summed E-state index contributed by atoms with van der Waals surface area (Å²) in [4.78, 5) is 24.8. The molecule has 0 aliphatic carbocycles. The normalized spacial score (nSPS) is 16.6. The number of ketones is 2. The van der Waals surface area contributed by atoms with E-state index in [0.717, 1.165) is 0 Å². The van der Waals surface area contributed by atoms with Crippen molar-refractivity contribution in [3.8, 4) is 11.5 Å². The van der Waals surface area contributed by atoms with E-state index in [0.29, 0.717) is 22.6 Å². The summed E-state index contributed by atoms with van der Waals surface area (Å²) in [5, 5.41) is 0. The molecular formula is C18H16O4. The molecular weight excluding hydrogens is 280 g/mol. The fraction of sp³-hybridized carbons (Fsp3) is 0.222. The van der Waals surface area contributed by atoms with Gasteiger partial charge >= 0.3 is 0 Å². The van der Waals surface area contributed by atoms with E-state index < -0.39 is 5.92 Å². The van der Waals surface area contributed by atoms with Gasteiger partial charge in [-0.1, -0.05) is 12.1 Å². The highest BCUT2D eigenvalue weighted by Crippen LogP contribution is 2.29. The highest BCUT2D eigenvalue weighted by Gasteiger charge is 2.30. The van der Waals surface area contributed by atoms with E-state index in [1.165, 1.54) is 0 Å². The number of carbonyl (C=O) groups is 2. The number of hydrogen-bond acceptors (Lipinski definition) is 4. The van der Waals surface area contributed by atoms with Crippen LogP contribution in [-0.4, -0.2) is 25.3 Å². The summed E-state index contributed by atoms with van der Waals surface area (Å²) in [6, 6.07) is 14.0. The fourth-order valence-corrected chi connectivity index (χ4v) is 2.55. The van der Waals surface area contributed by atoms with Gasteiger partial charge in [0.15, 0.2) is 11.6 Å². The summed E-state index contributed by atoms with van der Waals surface area (Å²) in [5.74, 6) is 0.778. The van der Waals surface area contributed by atoms with Crippen LogP contribution in [0.3, 0.4) is 0 Å². The lowest BCUT2D eigenvalue weighted by Gasteiger charge is -2.23. The number of methoxy groups -OCH3 is 1. The minimum atomic E-state index is -0.426. The molecule has 2 aromatic carbocycles. The van der Waals surface area contributed by atoms with Crippen LogP contribution >= 0.6 is 0 Å². The lowest BCUT2D eigenvalue weighted by molar-refractivity contribution is 0.0768. The maximum Gasteiger partial charge on any atom is 0.173 e. The van der Waals surface area contributed by atoms with Crippen molar-refractivity contribution in [1.82, 2.24) is 0 Å². The topological polar surface area (TPSA) is 52.6 Å². The van der Waals surface area contributed by atoms with E-state index in [-0.39, 0.29) is 24.6 Å². The van der Waals surface area contributed by atoms with Gasteiger partial charge in [0.1, 0.15) is 11.5 Å². The van der Waals surface area contributed by atoms with Gasteiger partial charge in [-0.15, -0.1) is 0 Å². The zero-order valence-electron chi connectivity index (χ0n) is 12.2. The molecule has 1 aliphatic rings. The molecule has 0 bridgehead atoms. The number of benzene rings is 2. The molecule has 0 radical (unpaired) electrons. The predicted molar refractivity (Wildman–Crippen MR) is 81.7 cm³/mol. The van der Waals surface area contributed by atoms with E-state index in [1.54, 1.807) is 49.6 Å². The van der Waals surface area contributed by atoms with Crippen LogP contribution in [0, 0.1) is 5.92 Å². The van der Waals surface area contributed by atoms with E-state index in [4.69, 9.17) is 9.47 Å². The zero-order chi connectivity index (χ0) is 15.5. The second kappa shape index (κ2) is 6.02. The van der Waals surface area contributed by atoms with Crippen molar-refractivity contribution in [1.29, 1.82) is 0 Å². The van der Waals surface area contributed by atoms with Crippen LogP contribution in [-0.2, 0) is 0 Å². The Bertz CT molecular complexity index is 703. The largest absolute Gasteiger partial charge is 0.497 e. The van der Waals surface area contributed by atoms with Crippen LogP contribution in [0.4, 0.5) is 0 Å². The number of ether oxygens (including phenoxy) is 2. The van der Waals surface area contributed by atoms with Gasteiger partial charge in [0.05, 0.1) is 25.2 Å². The average molecular weight is 296 g/mol. The molecule has 2 aromatic rings. The first kappa shape index (κ1) is 14.3. The lowest BCUT2D eigenvalue weighted by atomic mass is 9.89. The third kappa shape index (κ3) is 2.72. The Hall–Kier alpha value is -2.62. The van der Waals surface area contributed by atoms with Crippen LogP contribution in [0.25, 0.3) is 0 Å². The summed E-state index contributed by atoms with van der Waals surface area (Å²) in [7, 11) is 1.58.